The van der Waals surface area contributed by atoms with Gasteiger partial charge in [0.25, 0.3) is 0 Å². The van der Waals surface area contributed by atoms with Gasteiger partial charge in [-0.3, -0.25) is 9.59 Å². The van der Waals surface area contributed by atoms with Crippen LogP contribution in [0.5, 0.6) is 0 Å². The van der Waals surface area contributed by atoms with E-state index in [-0.39, 0.29) is 18.1 Å². The summed E-state index contributed by atoms with van der Waals surface area (Å²) in [4.78, 5) is 24.9. The number of Topliss-reactive ketones (excluding diaryl/α,β-unsaturated/α-hetero) is 1. The molecule has 2 aromatic rings. The minimum atomic E-state index is -0.483. The molecule has 1 amide bonds. The summed E-state index contributed by atoms with van der Waals surface area (Å²) in [7, 11) is 0. The lowest BCUT2D eigenvalue weighted by Crippen LogP contribution is -2.26. The van der Waals surface area contributed by atoms with E-state index in [0.717, 1.165) is 18.4 Å². The maximum atomic E-state index is 12.7. The molecule has 2 aromatic carbocycles. The molecule has 0 aromatic heterocycles. The Morgan fingerprint density at radius 3 is 2.69 bits per heavy atom. The second-order valence-electron chi connectivity index (χ2n) is 7.11. The van der Waals surface area contributed by atoms with E-state index in [1.54, 1.807) is 18.3 Å². The predicted molar refractivity (Wildman–Crippen MR) is 118 cm³/mol. The van der Waals surface area contributed by atoms with Crippen molar-refractivity contribution in [3.05, 3.63) is 69.7 Å². The minimum absolute atomic E-state index is 0.0167. The Morgan fingerprint density at radius 2 is 1.90 bits per heavy atom. The monoisotopic (exact) mass is 425 g/mol. The van der Waals surface area contributed by atoms with E-state index >= 15 is 0 Å². The quantitative estimate of drug-likeness (QED) is 0.438. The largest absolute Gasteiger partial charge is 0.303 e. The number of nitrogens with zero attached hydrogens (tertiary/aromatic N) is 2. The summed E-state index contributed by atoms with van der Waals surface area (Å²) in [5.74, 6) is -0.223. The van der Waals surface area contributed by atoms with Crippen LogP contribution in [0.2, 0.25) is 5.02 Å². The van der Waals surface area contributed by atoms with Crippen LogP contribution in [-0.4, -0.2) is 28.3 Å². The van der Waals surface area contributed by atoms with Gasteiger partial charge in [-0.1, -0.05) is 47.6 Å². The Hall–Kier alpha value is -2.44. The number of amides is 1. The Labute approximate surface area is 178 Å². The van der Waals surface area contributed by atoms with Crippen LogP contribution in [0.3, 0.4) is 0 Å². The van der Waals surface area contributed by atoms with Crippen molar-refractivity contribution >= 4 is 46.4 Å². The first-order valence-corrected chi connectivity index (χ1v) is 10.8. The van der Waals surface area contributed by atoms with Crippen LogP contribution in [0, 0.1) is 0 Å². The summed E-state index contributed by atoms with van der Waals surface area (Å²) in [6.07, 6.45) is 6.22. The molecule has 0 spiro atoms. The lowest BCUT2D eigenvalue weighted by atomic mass is 9.89. The van der Waals surface area contributed by atoms with Crippen molar-refractivity contribution in [3.63, 3.8) is 0 Å². The van der Waals surface area contributed by atoms with Crippen LogP contribution >= 0.6 is 23.4 Å². The minimum Gasteiger partial charge on any atom is -0.303 e. The summed E-state index contributed by atoms with van der Waals surface area (Å²) in [5, 5.41) is 11.3. The molecule has 2 aliphatic rings. The van der Waals surface area contributed by atoms with Crippen molar-refractivity contribution in [3.8, 4) is 0 Å². The van der Waals surface area contributed by atoms with Crippen molar-refractivity contribution in [2.24, 2.45) is 10.2 Å². The highest BCUT2D eigenvalue weighted by molar-refractivity contribution is 8.15. The fraction of sp³-hybridized carbons (Fsp3) is 0.273. The third-order valence-electron chi connectivity index (χ3n) is 5.04. The zero-order valence-electron chi connectivity index (χ0n) is 15.7. The number of halogens is 1. The standard InChI is InChI=1S/C22H20ClN3O2S/c23-18-9-5-14(6-10-18)13-24-26-22-25-21(28)20(29-22)12-19(27)17-8-7-15-3-1-2-4-16(15)11-17/h5-11,13,20H,1-4,12H2,(H,25,26,28)/b24-13-/t20-/m1/s1. The average Bonchev–Trinajstić information content (AvgIpc) is 3.08. The summed E-state index contributed by atoms with van der Waals surface area (Å²) in [5.41, 5.74) is 4.15. The zero-order chi connectivity index (χ0) is 20.2. The maximum Gasteiger partial charge on any atom is 0.240 e. The van der Waals surface area contributed by atoms with Gasteiger partial charge in [0.15, 0.2) is 11.0 Å². The first-order chi connectivity index (χ1) is 14.1. The van der Waals surface area contributed by atoms with Crippen molar-refractivity contribution < 1.29 is 9.59 Å². The van der Waals surface area contributed by atoms with E-state index < -0.39 is 5.25 Å². The van der Waals surface area contributed by atoms with E-state index in [2.05, 4.69) is 21.6 Å². The van der Waals surface area contributed by atoms with Crippen LogP contribution in [0.15, 0.2) is 52.7 Å². The van der Waals surface area contributed by atoms with Crippen LogP contribution in [0.25, 0.3) is 0 Å². The molecule has 148 valence electrons. The van der Waals surface area contributed by atoms with Gasteiger partial charge in [-0.2, -0.15) is 5.10 Å². The molecule has 0 saturated carbocycles. The number of nitrogens with one attached hydrogen (secondary N) is 1. The van der Waals surface area contributed by atoms with Crippen LogP contribution in [0.1, 0.15) is 46.3 Å². The number of hydrogen-bond donors (Lipinski definition) is 1. The fourth-order valence-corrected chi connectivity index (χ4v) is 4.53. The molecule has 0 radical (unpaired) electrons. The second kappa shape index (κ2) is 8.93. The van der Waals surface area contributed by atoms with E-state index in [4.69, 9.17) is 11.6 Å². The smallest absolute Gasteiger partial charge is 0.240 e. The van der Waals surface area contributed by atoms with Crippen LogP contribution < -0.4 is 5.32 Å². The summed E-state index contributed by atoms with van der Waals surface area (Å²) in [6, 6.07) is 13.1. The third kappa shape index (κ3) is 4.95. The Bertz CT molecular complexity index is 1000. The van der Waals surface area contributed by atoms with Crippen molar-refractivity contribution in [1.29, 1.82) is 0 Å². The SMILES string of the molecule is O=C(C[C@H]1S/C(=N/N=C\c2ccc(Cl)cc2)NC1=O)c1ccc2c(c1)CCCC2. The number of carbonyl (C=O) groups excluding carboxylic acids is 2. The predicted octanol–water partition coefficient (Wildman–Crippen LogP) is 4.41. The van der Waals surface area contributed by atoms with E-state index in [0.29, 0.717) is 15.8 Å². The lowest BCUT2D eigenvalue weighted by Gasteiger charge is -2.16. The van der Waals surface area contributed by atoms with E-state index in [1.807, 2.05) is 24.3 Å². The number of amidine groups is 1. The topological polar surface area (TPSA) is 70.9 Å². The summed E-state index contributed by atoms with van der Waals surface area (Å²) < 4.78 is 0. The number of rotatable bonds is 5. The van der Waals surface area contributed by atoms with E-state index in [1.165, 1.54) is 35.7 Å². The molecular weight excluding hydrogens is 406 g/mol. The summed E-state index contributed by atoms with van der Waals surface area (Å²) in [6.45, 7) is 0. The van der Waals surface area contributed by atoms with Gasteiger partial charge in [-0.25, -0.2) is 0 Å². The molecule has 1 fully saturated rings. The van der Waals surface area contributed by atoms with Gasteiger partial charge in [-0.15, -0.1) is 5.10 Å². The average molecular weight is 426 g/mol. The Kier molecular flexibility index (Phi) is 6.11. The molecule has 1 aliphatic heterocycles. The highest BCUT2D eigenvalue weighted by atomic mass is 35.5. The van der Waals surface area contributed by atoms with Gasteiger partial charge in [-0.05, 0) is 60.6 Å². The van der Waals surface area contributed by atoms with Gasteiger partial charge in [0.2, 0.25) is 5.91 Å². The molecule has 0 unspecified atom stereocenters. The fourth-order valence-electron chi connectivity index (χ4n) is 3.48. The number of carbonyl (C=O) groups is 2. The molecule has 7 heteroatoms. The number of fused-ring (bicyclic) bond motifs is 1. The molecule has 5 nitrogen and oxygen atoms in total. The normalized spacial score (nSPS) is 20.1. The summed E-state index contributed by atoms with van der Waals surface area (Å²) >= 11 is 7.09. The molecule has 1 atom stereocenters. The third-order valence-corrected chi connectivity index (χ3v) is 6.37. The highest BCUT2D eigenvalue weighted by Gasteiger charge is 2.32. The highest BCUT2D eigenvalue weighted by Crippen LogP contribution is 2.26. The molecule has 1 saturated heterocycles. The number of thioether (sulfide) groups is 1. The Morgan fingerprint density at radius 1 is 1.14 bits per heavy atom. The van der Waals surface area contributed by atoms with Gasteiger partial charge < -0.3 is 5.32 Å². The molecule has 1 heterocycles. The molecule has 0 bridgehead atoms. The molecule has 1 N–H and O–H groups in total. The number of hydrogen-bond acceptors (Lipinski definition) is 5. The lowest BCUT2D eigenvalue weighted by molar-refractivity contribution is -0.118. The first-order valence-electron chi connectivity index (χ1n) is 9.57. The van der Waals surface area contributed by atoms with Gasteiger partial charge in [0, 0.05) is 17.0 Å². The molecular formula is C22H20ClN3O2S. The number of aryl methyl sites for hydroxylation is 2. The van der Waals surface area contributed by atoms with Gasteiger partial charge in [0.05, 0.1) is 11.5 Å². The molecule has 4 rings (SSSR count). The van der Waals surface area contributed by atoms with Crippen molar-refractivity contribution in [1.82, 2.24) is 5.32 Å². The Balaban J connectivity index is 1.38. The second-order valence-corrected chi connectivity index (χ2v) is 8.74. The van der Waals surface area contributed by atoms with Crippen molar-refractivity contribution in [2.45, 2.75) is 37.4 Å². The first kappa shape index (κ1) is 19.9. The molecule has 29 heavy (non-hydrogen) atoms. The van der Waals surface area contributed by atoms with E-state index in [9.17, 15) is 9.59 Å². The number of benzene rings is 2. The van der Waals surface area contributed by atoms with Crippen LogP contribution in [-0.2, 0) is 17.6 Å². The van der Waals surface area contributed by atoms with Crippen molar-refractivity contribution in [2.75, 3.05) is 0 Å². The van der Waals surface area contributed by atoms with Crippen LogP contribution in [0.4, 0.5) is 0 Å². The molecule has 1 aliphatic carbocycles. The maximum absolute atomic E-state index is 12.7. The zero-order valence-corrected chi connectivity index (χ0v) is 17.3. The van der Waals surface area contributed by atoms with Gasteiger partial charge >= 0.3 is 0 Å². The van der Waals surface area contributed by atoms with Gasteiger partial charge in [0.1, 0.15) is 0 Å². The number of ketones is 1.